The van der Waals surface area contributed by atoms with Gasteiger partial charge < -0.3 is 21.4 Å². The van der Waals surface area contributed by atoms with E-state index >= 15 is 0 Å². The van der Waals surface area contributed by atoms with Crippen molar-refractivity contribution in [2.24, 2.45) is 16.3 Å². The maximum Gasteiger partial charge on any atom is 0.170 e. The number of benzene rings is 1. The van der Waals surface area contributed by atoms with E-state index in [0.717, 1.165) is 30.5 Å². The highest BCUT2D eigenvalue weighted by Gasteiger charge is 2.30. The largest absolute Gasteiger partial charge is 0.409 e. The fraction of sp³-hybridized carbons (Fsp3) is 0.562. The molecule has 5 N–H and O–H groups in total. The number of aliphatic hydroxyl groups excluding tert-OH is 1. The lowest BCUT2D eigenvalue weighted by Crippen LogP contribution is -2.39. The van der Waals surface area contributed by atoms with Gasteiger partial charge in [0.25, 0.3) is 0 Å². The Hall–Kier alpha value is -1.59. The van der Waals surface area contributed by atoms with Crippen LogP contribution in [0.3, 0.4) is 0 Å². The maximum atomic E-state index is 9.71. The van der Waals surface area contributed by atoms with E-state index in [9.17, 15) is 5.11 Å². The van der Waals surface area contributed by atoms with Crippen LogP contribution in [0.1, 0.15) is 43.2 Å². The topological polar surface area (TPSA) is 90.9 Å². The Labute approximate surface area is 125 Å². The lowest BCUT2D eigenvalue weighted by molar-refractivity contribution is 0.0810. The number of rotatable bonds is 6. The van der Waals surface area contributed by atoms with Crippen molar-refractivity contribution in [1.82, 2.24) is 5.32 Å². The standard InChI is InChI=1S/C16H25N3O2/c17-15(19-21)14-7-3-2-6-13(14)10-18-11-16(12-20)8-4-1-5-9-16/h2-3,6-7,18,20-21H,1,4-5,8-12H2,(H2,17,19). The van der Waals surface area contributed by atoms with E-state index in [1.54, 1.807) is 0 Å². The summed E-state index contributed by atoms with van der Waals surface area (Å²) in [6, 6.07) is 7.61. The lowest BCUT2D eigenvalue weighted by Gasteiger charge is -2.35. The highest BCUT2D eigenvalue weighted by molar-refractivity contribution is 5.98. The Morgan fingerprint density at radius 1 is 1.24 bits per heavy atom. The molecular weight excluding hydrogens is 266 g/mol. The van der Waals surface area contributed by atoms with Gasteiger partial charge in [-0.2, -0.15) is 0 Å². The molecule has 1 fully saturated rings. The van der Waals surface area contributed by atoms with Gasteiger partial charge in [0.05, 0.1) is 0 Å². The van der Waals surface area contributed by atoms with Crippen molar-refractivity contribution in [3.05, 3.63) is 35.4 Å². The number of nitrogens with one attached hydrogen (secondary N) is 1. The molecule has 1 aliphatic rings. The van der Waals surface area contributed by atoms with E-state index in [1.807, 2.05) is 24.3 Å². The van der Waals surface area contributed by atoms with Crippen LogP contribution in [0.2, 0.25) is 0 Å². The Morgan fingerprint density at radius 2 is 1.95 bits per heavy atom. The number of nitrogens with zero attached hydrogens (tertiary/aromatic N) is 1. The van der Waals surface area contributed by atoms with E-state index in [4.69, 9.17) is 10.9 Å². The quantitative estimate of drug-likeness (QED) is 0.278. The highest BCUT2D eigenvalue weighted by Crippen LogP contribution is 2.35. The van der Waals surface area contributed by atoms with Crippen molar-refractivity contribution in [1.29, 1.82) is 0 Å². The summed E-state index contributed by atoms with van der Waals surface area (Å²) < 4.78 is 0. The molecule has 0 atom stereocenters. The maximum absolute atomic E-state index is 9.71. The Bertz CT molecular complexity index is 482. The van der Waals surface area contributed by atoms with Crippen molar-refractivity contribution in [2.45, 2.75) is 38.6 Å². The van der Waals surface area contributed by atoms with Gasteiger partial charge >= 0.3 is 0 Å². The van der Waals surface area contributed by atoms with Gasteiger partial charge in [0.2, 0.25) is 0 Å². The van der Waals surface area contributed by atoms with Gasteiger partial charge in [-0.05, 0) is 18.4 Å². The van der Waals surface area contributed by atoms with Crippen molar-refractivity contribution in [3.63, 3.8) is 0 Å². The predicted molar refractivity (Wildman–Crippen MR) is 83.3 cm³/mol. The van der Waals surface area contributed by atoms with Gasteiger partial charge in [0.15, 0.2) is 5.84 Å². The summed E-state index contributed by atoms with van der Waals surface area (Å²) >= 11 is 0. The SMILES string of the molecule is N/C(=N/O)c1ccccc1CNCC1(CO)CCCCC1. The zero-order valence-electron chi connectivity index (χ0n) is 12.4. The summed E-state index contributed by atoms with van der Waals surface area (Å²) in [5.41, 5.74) is 7.45. The van der Waals surface area contributed by atoms with Gasteiger partial charge in [-0.15, -0.1) is 0 Å². The molecule has 0 amide bonds. The highest BCUT2D eigenvalue weighted by atomic mass is 16.4. The zero-order chi connectivity index (χ0) is 15.1. The van der Waals surface area contributed by atoms with Crippen LogP contribution in [-0.4, -0.2) is 29.3 Å². The number of amidine groups is 1. The van der Waals surface area contributed by atoms with Crippen molar-refractivity contribution < 1.29 is 10.3 Å². The molecule has 0 aromatic heterocycles. The number of oxime groups is 1. The first-order valence-corrected chi connectivity index (χ1v) is 7.58. The monoisotopic (exact) mass is 291 g/mol. The van der Waals surface area contributed by atoms with E-state index in [-0.39, 0.29) is 17.9 Å². The summed E-state index contributed by atoms with van der Waals surface area (Å²) in [6.07, 6.45) is 5.83. The molecule has 1 saturated carbocycles. The third-order valence-electron chi connectivity index (χ3n) is 4.47. The van der Waals surface area contributed by atoms with E-state index in [0.29, 0.717) is 6.54 Å². The lowest BCUT2D eigenvalue weighted by atomic mass is 9.74. The van der Waals surface area contributed by atoms with Crippen LogP contribution in [0.15, 0.2) is 29.4 Å². The first-order chi connectivity index (χ1) is 10.2. The molecule has 21 heavy (non-hydrogen) atoms. The summed E-state index contributed by atoms with van der Waals surface area (Å²) in [7, 11) is 0. The number of aliphatic hydroxyl groups is 1. The predicted octanol–water partition coefficient (Wildman–Crippen LogP) is 1.81. The second kappa shape index (κ2) is 7.43. The van der Waals surface area contributed by atoms with Crippen molar-refractivity contribution in [2.75, 3.05) is 13.2 Å². The normalized spacial score (nSPS) is 18.6. The van der Waals surface area contributed by atoms with E-state index in [1.165, 1.54) is 19.3 Å². The number of nitrogens with two attached hydrogens (primary N) is 1. The molecule has 0 radical (unpaired) electrons. The molecule has 0 saturated heterocycles. The molecule has 5 heteroatoms. The summed E-state index contributed by atoms with van der Waals surface area (Å²) in [6.45, 7) is 1.68. The Balaban J connectivity index is 1.97. The molecule has 0 heterocycles. The molecule has 0 aliphatic heterocycles. The second-order valence-electron chi connectivity index (χ2n) is 5.96. The summed E-state index contributed by atoms with van der Waals surface area (Å²) in [4.78, 5) is 0. The minimum Gasteiger partial charge on any atom is -0.409 e. The number of hydrogen-bond acceptors (Lipinski definition) is 4. The Kier molecular flexibility index (Phi) is 5.59. The fourth-order valence-electron chi connectivity index (χ4n) is 3.13. The fourth-order valence-corrected chi connectivity index (χ4v) is 3.13. The zero-order valence-corrected chi connectivity index (χ0v) is 12.4. The van der Waals surface area contributed by atoms with Gasteiger partial charge in [-0.3, -0.25) is 0 Å². The summed E-state index contributed by atoms with van der Waals surface area (Å²) in [5.74, 6) is 0.127. The van der Waals surface area contributed by atoms with Crippen LogP contribution in [0.5, 0.6) is 0 Å². The molecule has 0 bridgehead atoms. The van der Waals surface area contributed by atoms with Gasteiger partial charge in [-0.1, -0.05) is 48.7 Å². The molecule has 0 unspecified atom stereocenters. The second-order valence-corrected chi connectivity index (χ2v) is 5.96. The first-order valence-electron chi connectivity index (χ1n) is 7.58. The van der Waals surface area contributed by atoms with Crippen LogP contribution < -0.4 is 11.1 Å². The van der Waals surface area contributed by atoms with Crippen molar-refractivity contribution >= 4 is 5.84 Å². The van der Waals surface area contributed by atoms with Crippen LogP contribution in [-0.2, 0) is 6.54 Å². The van der Waals surface area contributed by atoms with Crippen LogP contribution >= 0.6 is 0 Å². The molecule has 1 aromatic rings. The molecule has 1 aromatic carbocycles. The molecule has 0 spiro atoms. The number of hydrogen-bond donors (Lipinski definition) is 4. The average molecular weight is 291 g/mol. The molecule has 1 aliphatic carbocycles. The van der Waals surface area contributed by atoms with Gasteiger partial charge in [-0.25, -0.2) is 0 Å². The molecule has 2 rings (SSSR count). The third kappa shape index (κ3) is 3.95. The van der Waals surface area contributed by atoms with E-state index in [2.05, 4.69) is 10.5 Å². The van der Waals surface area contributed by atoms with Crippen LogP contribution in [0.4, 0.5) is 0 Å². The van der Waals surface area contributed by atoms with Gasteiger partial charge in [0, 0.05) is 30.7 Å². The minimum atomic E-state index is 0.0177. The minimum absolute atomic E-state index is 0.0177. The molecule has 5 nitrogen and oxygen atoms in total. The van der Waals surface area contributed by atoms with Gasteiger partial charge in [0.1, 0.15) is 0 Å². The first kappa shape index (κ1) is 15.8. The third-order valence-corrected chi connectivity index (χ3v) is 4.47. The van der Waals surface area contributed by atoms with Crippen LogP contribution in [0, 0.1) is 5.41 Å². The van der Waals surface area contributed by atoms with Crippen LogP contribution in [0.25, 0.3) is 0 Å². The summed E-state index contributed by atoms with van der Waals surface area (Å²) in [5, 5.41) is 25.0. The molecular formula is C16H25N3O2. The smallest absolute Gasteiger partial charge is 0.170 e. The Morgan fingerprint density at radius 3 is 2.62 bits per heavy atom. The molecule has 116 valence electrons. The average Bonchev–Trinajstić information content (AvgIpc) is 2.55. The van der Waals surface area contributed by atoms with Crippen molar-refractivity contribution in [3.8, 4) is 0 Å². The van der Waals surface area contributed by atoms with E-state index < -0.39 is 0 Å².